The molecule has 0 bridgehead atoms. The van der Waals surface area contributed by atoms with Crippen LogP contribution in [0.5, 0.6) is 0 Å². The van der Waals surface area contributed by atoms with E-state index in [1.807, 2.05) is 0 Å². The fraction of sp³-hybridized carbons (Fsp3) is 0.875. The molecule has 0 saturated carbocycles. The third-order valence-electron chi connectivity index (χ3n) is 4.99. The van der Waals surface area contributed by atoms with Crippen molar-refractivity contribution < 1.29 is 0 Å². The van der Waals surface area contributed by atoms with E-state index in [1.165, 1.54) is 63.9 Å². The van der Waals surface area contributed by atoms with Gasteiger partial charge in [-0.15, -0.1) is 6.58 Å². The van der Waals surface area contributed by atoms with Crippen LogP contribution in [0.4, 0.5) is 0 Å². The van der Waals surface area contributed by atoms with E-state index < -0.39 is 0 Å². The molecule has 2 fully saturated rings. The topological polar surface area (TPSA) is 6.48 Å². The van der Waals surface area contributed by atoms with Crippen molar-refractivity contribution in [2.24, 2.45) is 5.41 Å². The first-order valence-corrected chi connectivity index (χ1v) is 7.62. The van der Waals surface area contributed by atoms with E-state index in [9.17, 15) is 0 Å². The number of allylic oxidation sites excluding steroid dienone is 1. The maximum absolute atomic E-state index is 4.04. The molecule has 0 aliphatic carbocycles. The lowest BCUT2D eigenvalue weighted by molar-refractivity contribution is 0.190. The van der Waals surface area contributed by atoms with Crippen LogP contribution in [0.3, 0.4) is 0 Å². The van der Waals surface area contributed by atoms with E-state index in [-0.39, 0.29) is 0 Å². The zero-order valence-electron chi connectivity index (χ0n) is 12.5. The van der Waals surface area contributed by atoms with Gasteiger partial charge in [-0.05, 0) is 64.6 Å². The van der Waals surface area contributed by atoms with E-state index >= 15 is 0 Å². The lowest BCUT2D eigenvalue weighted by Gasteiger charge is -2.29. The van der Waals surface area contributed by atoms with E-state index in [0.29, 0.717) is 5.41 Å². The Hall–Kier alpha value is -0.340. The Balaban J connectivity index is 1.88. The molecule has 1 spiro atoms. The number of hydrogen-bond donors (Lipinski definition) is 0. The number of rotatable bonds is 5. The van der Waals surface area contributed by atoms with Crippen LogP contribution < -0.4 is 0 Å². The first kappa shape index (κ1) is 14.1. The fourth-order valence-electron chi connectivity index (χ4n) is 3.83. The van der Waals surface area contributed by atoms with Gasteiger partial charge in [-0.1, -0.05) is 12.5 Å². The second-order valence-electron chi connectivity index (χ2n) is 6.77. The Morgan fingerprint density at radius 2 is 2.00 bits per heavy atom. The molecule has 0 aromatic heterocycles. The van der Waals surface area contributed by atoms with Crippen LogP contribution in [0.25, 0.3) is 0 Å². The van der Waals surface area contributed by atoms with Crippen LogP contribution in [0, 0.1) is 5.41 Å². The van der Waals surface area contributed by atoms with E-state index in [4.69, 9.17) is 0 Å². The van der Waals surface area contributed by atoms with Crippen molar-refractivity contribution in [2.75, 3.05) is 33.2 Å². The first-order chi connectivity index (χ1) is 8.54. The maximum atomic E-state index is 4.04. The van der Waals surface area contributed by atoms with Gasteiger partial charge in [0.1, 0.15) is 0 Å². The molecule has 0 aromatic rings. The SMILES string of the molecule is C=C(C)CCC(CC)N1CCC2(CCN(C)C2)C1. The van der Waals surface area contributed by atoms with Crippen LogP contribution in [-0.2, 0) is 0 Å². The van der Waals surface area contributed by atoms with E-state index in [1.54, 1.807) is 0 Å². The number of nitrogens with zero attached hydrogens (tertiary/aromatic N) is 2. The lowest BCUT2D eigenvalue weighted by Crippen LogP contribution is -2.36. The number of hydrogen-bond acceptors (Lipinski definition) is 2. The average molecular weight is 250 g/mol. The largest absolute Gasteiger partial charge is 0.306 e. The van der Waals surface area contributed by atoms with E-state index in [2.05, 4.69) is 37.3 Å². The van der Waals surface area contributed by atoms with Gasteiger partial charge in [0.25, 0.3) is 0 Å². The highest BCUT2D eigenvalue weighted by atomic mass is 15.2. The van der Waals surface area contributed by atoms with Crippen LogP contribution in [0.2, 0.25) is 0 Å². The summed E-state index contributed by atoms with van der Waals surface area (Å²) in [7, 11) is 2.27. The minimum Gasteiger partial charge on any atom is -0.306 e. The molecule has 0 N–H and O–H groups in total. The van der Waals surface area contributed by atoms with Crippen molar-refractivity contribution in [2.45, 2.75) is 52.0 Å². The highest BCUT2D eigenvalue weighted by Gasteiger charge is 2.43. The van der Waals surface area contributed by atoms with Crippen molar-refractivity contribution in [3.05, 3.63) is 12.2 Å². The van der Waals surface area contributed by atoms with Gasteiger partial charge in [-0.3, -0.25) is 4.90 Å². The van der Waals surface area contributed by atoms with Gasteiger partial charge in [-0.25, -0.2) is 0 Å². The van der Waals surface area contributed by atoms with Gasteiger partial charge in [0.15, 0.2) is 0 Å². The van der Waals surface area contributed by atoms with Crippen LogP contribution >= 0.6 is 0 Å². The Morgan fingerprint density at radius 3 is 2.56 bits per heavy atom. The molecule has 2 unspecified atom stereocenters. The summed E-state index contributed by atoms with van der Waals surface area (Å²) in [6.45, 7) is 13.8. The molecule has 0 aromatic carbocycles. The van der Waals surface area contributed by atoms with Crippen molar-refractivity contribution in [1.82, 2.24) is 9.80 Å². The molecule has 104 valence electrons. The third-order valence-corrected chi connectivity index (χ3v) is 4.99. The Kier molecular flexibility index (Phi) is 4.50. The Bertz CT molecular complexity index is 299. The normalized spacial score (nSPS) is 31.3. The Morgan fingerprint density at radius 1 is 1.28 bits per heavy atom. The molecule has 2 aliphatic rings. The third kappa shape index (κ3) is 3.16. The van der Waals surface area contributed by atoms with Crippen molar-refractivity contribution in [3.63, 3.8) is 0 Å². The van der Waals surface area contributed by atoms with Gasteiger partial charge >= 0.3 is 0 Å². The zero-order chi connectivity index (χ0) is 13.2. The predicted molar refractivity (Wildman–Crippen MR) is 78.9 cm³/mol. The smallest absolute Gasteiger partial charge is 0.00959 e. The van der Waals surface area contributed by atoms with Gasteiger partial charge in [0, 0.05) is 19.1 Å². The maximum Gasteiger partial charge on any atom is 0.00959 e. The summed E-state index contributed by atoms with van der Waals surface area (Å²) >= 11 is 0. The van der Waals surface area contributed by atoms with E-state index in [0.717, 1.165) is 6.04 Å². The molecule has 2 heterocycles. The Labute approximate surface area is 113 Å². The molecule has 18 heavy (non-hydrogen) atoms. The summed E-state index contributed by atoms with van der Waals surface area (Å²) in [5, 5.41) is 0. The van der Waals surface area contributed by atoms with Crippen molar-refractivity contribution >= 4 is 0 Å². The standard InChI is InChI=1S/C16H30N2/c1-5-15(7-6-14(2)3)18-11-9-16(13-18)8-10-17(4)12-16/h15H,2,5-13H2,1,3-4H3. The molecular weight excluding hydrogens is 220 g/mol. The van der Waals surface area contributed by atoms with Crippen molar-refractivity contribution in [1.29, 1.82) is 0 Å². The lowest BCUT2D eigenvalue weighted by atomic mass is 9.86. The quantitative estimate of drug-likeness (QED) is 0.692. The molecule has 2 rings (SSSR count). The minimum absolute atomic E-state index is 0.630. The zero-order valence-corrected chi connectivity index (χ0v) is 12.5. The molecular formula is C16H30N2. The summed E-state index contributed by atoms with van der Waals surface area (Å²) in [4.78, 5) is 5.28. The highest BCUT2D eigenvalue weighted by molar-refractivity contribution is 4.98. The predicted octanol–water partition coefficient (Wildman–Crippen LogP) is 3.15. The first-order valence-electron chi connectivity index (χ1n) is 7.62. The second kappa shape index (κ2) is 5.75. The second-order valence-corrected chi connectivity index (χ2v) is 6.77. The van der Waals surface area contributed by atoms with Gasteiger partial charge in [-0.2, -0.15) is 0 Å². The molecule has 0 radical (unpaired) electrons. The molecule has 2 aliphatic heterocycles. The highest BCUT2D eigenvalue weighted by Crippen LogP contribution is 2.40. The molecule has 2 atom stereocenters. The summed E-state index contributed by atoms with van der Waals surface area (Å²) < 4.78 is 0. The summed E-state index contributed by atoms with van der Waals surface area (Å²) in [5.41, 5.74) is 1.97. The van der Waals surface area contributed by atoms with Gasteiger partial charge < -0.3 is 4.90 Å². The molecule has 0 amide bonds. The fourth-order valence-corrected chi connectivity index (χ4v) is 3.83. The monoisotopic (exact) mass is 250 g/mol. The number of likely N-dealkylation sites (tertiary alicyclic amines) is 2. The summed E-state index contributed by atoms with van der Waals surface area (Å²) in [6, 6.07) is 0.784. The van der Waals surface area contributed by atoms with Crippen molar-refractivity contribution in [3.8, 4) is 0 Å². The summed E-state index contributed by atoms with van der Waals surface area (Å²) in [5.74, 6) is 0. The van der Waals surface area contributed by atoms with Crippen LogP contribution in [-0.4, -0.2) is 49.1 Å². The average Bonchev–Trinajstić information content (AvgIpc) is 2.88. The molecule has 2 saturated heterocycles. The minimum atomic E-state index is 0.630. The van der Waals surface area contributed by atoms with Gasteiger partial charge in [0.2, 0.25) is 0 Å². The van der Waals surface area contributed by atoms with Crippen LogP contribution in [0.1, 0.15) is 46.0 Å². The summed E-state index contributed by atoms with van der Waals surface area (Å²) in [6.07, 6.45) is 6.62. The van der Waals surface area contributed by atoms with Crippen LogP contribution in [0.15, 0.2) is 12.2 Å². The molecule has 2 nitrogen and oxygen atoms in total. The van der Waals surface area contributed by atoms with Gasteiger partial charge in [0.05, 0.1) is 0 Å². The molecule has 2 heteroatoms.